The van der Waals surface area contributed by atoms with Gasteiger partial charge in [-0.05, 0) is 73.8 Å². The van der Waals surface area contributed by atoms with Crippen molar-refractivity contribution in [1.29, 1.82) is 0 Å². The first-order chi connectivity index (χ1) is 15.2. The highest BCUT2D eigenvalue weighted by atomic mass is 35.5. The van der Waals surface area contributed by atoms with E-state index < -0.39 is 0 Å². The van der Waals surface area contributed by atoms with E-state index in [1.807, 2.05) is 60.8 Å². The third-order valence-electron chi connectivity index (χ3n) is 5.42. The number of halogens is 1. The Balaban J connectivity index is 1.40. The van der Waals surface area contributed by atoms with E-state index in [1.54, 1.807) is 0 Å². The van der Waals surface area contributed by atoms with Crippen LogP contribution in [-0.2, 0) is 6.54 Å². The zero-order valence-electron chi connectivity index (χ0n) is 17.5. The summed E-state index contributed by atoms with van der Waals surface area (Å²) in [4.78, 5) is 6.91. The Bertz CT molecular complexity index is 1060. The van der Waals surface area contributed by atoms with E-state index in [1.165, 1.54) is 25.9 Å². The molecule has 158 valence electrons. The maximum absolute atomic E-state index is 5.98. The molecule has 1 fully saturated rings. The van der Waals surface area contributed by atoms with Crippen LogP contribution in [0.4, 0.5) is 0 Å². The smallest absolute Gasteiger partial charge is 0.123 e. The van der Waals surface area contributed by atoms with Gasteiger partial charge in [0, 0.05) is 41.0 Å². The van der Waals surface area contributed by atoms with E-state index in [0.29, 0.717) is 13.2 Å². The minimum absolute atomic E-state index is 0.419. The largest absolute Gasteiger partial charge is 0.492 e. The Morgan fingerprint density at radius 2 is 1.74 bits per heavy atom. The number of nitrogens with two attached hydrogens (primary N) is 1. The van der Waals surface area contributed by atoms with Gasteiger partial charge in [0.15, 0.2) is 0 Å². The maximum Gasteiger partial charge on any atom is 0.123 e. The Morgan fingerprint density at radius 3 is 2.45 bits per heavy atom. The topological polar surface area (TPSA) is 51.4 Å². The van der Waals surface area contributed by atoms with E-state index >= 15 is 0 Å². The number of hydrogen-bond acceptors (Lipinski definition) is 4. The molecule has 0 radical (unpaired) electrons. The molecule has 1 aliphatic rings. The molecule has 3 aromatic rings. The van der Waals surface area contributed by atoms with Crippen LogP contribution in [0.15, 0.2) is 60.8 Å². The number of hydrogen-bond donors (Lipinski definition) is 1. The van der Waals surface area contributed by atoms with Crippen LogP contribution < -0.4 is 10.5 Å². The number of pyridine rings is 1. The summed E-state index contributed by atoms with van der Waals surface area (Å²) in [5.41, 5.74) is 10.6. The van der Waals surface area contributed by atoms with E-state index in [0.717, 1.165) is 45.3 Å². The second-order valence-corrected chi connectivity index (χ2v) is 8.05. The first kappa shape index (κ1) is 21.4. The van der Waals surface area contributed by atoms with Gasteiger partial charge in [0.05, 0.1) is 0 Å². The molecular formula is C26H26ClN3O. The van der Waals surface area contributed by atoms with Crippen molar-refractivity contribution >= 4 is 11.6 Å². The summed E-state index contributed by atoms with van der Waals surface area (Å²) in [6.07, 6.45) is 4.41. The molecule has 0 unspecified atom stereocenters. The van der Waals surface area contributed by atoms with Gasteiger partial charge >= 0.3 is 0 Å². The van der Waals surface area contributed by atoms with Gasteiger partial charge in [-0.25, -0.2) is 4.98 Å². The number of rotatable bonds is 6. The van der Waals surface area contributed by atoms with Crippen molar-refractivity contribution in [2.24, 2.45) is 5.73 Å². The van der Waals surface area contributed by atoms with Gasteiger partial charge in [0.25, 0.3) is 0 Å². The van der Waals surface area contributed by atoms with Crippen molar-refractivity contribution in [1.82, 2.24) is 9.88 Å². The molecule has 4 nitrogen and oxygen atoms in total. The SMILES string of the molecule is NCc1cc(C#Cc2ccc(-c3ccc(Cl)cc3)cn2)ccc1OCCN1CCCC1. The van der Waals surface area contributed by atoms with E-state index in [-0.39, 0.29) is 0 Å². The van der Waals surface area contributed by atoms with E-state index in [9.17, 15) is 0 Å². The van der Waals surface area contributed by atoms with Crippen LogP contribution in [-0.4, -0.2) is 36.1 Å². The average molecular weight is 432 g/mol. The van der Waals surface area contributed by atoms with Crippen LogP contribution in [0.2, 0.25) is 5.02 Å². The van der Waals surface area contributed by atoms with Crippen molar-refractivity contribution in [3.63, 3.8) is 0 Å². The molecule has 0 atom stereocenters. The number of ether oxygens (including phenoxy) is 1. The highest BCUT2D eigenvalue weighted by Gasteiger charge is 2.11. The molecular weight excluding hydrogens is 406 g/mol. The standard InChI is InChI=1S/C26H26ClN3O/c27-24-8-5-21(6-9-24)22-7-11-25(29-19-22)10-3-20-4-12-26(23(17-20)18-28)31-16-15-30-13-1-2-14-30/h4-9,11-12,17,19H,1-2,13-16,18,28H2. The molecule has 0 bridgehead atoms. The number of nitrogens with zero attached hydrogens (tertiary/aromatic N) is 2. The number of benzene rings is 2. The molecule has 1 saturated heterocycles. The number of aromatic nitrogens is 1. The fraction of sp³-hybridized carbons (Fsp3) is 0.269. The summed E-state index contributed by atoms with van der Waals surface area (Å²) in [6, 6.07) is 17.6. The van der Waals surface area contributed by atoms with Crippen LogP contribution in [0.5, 0.6) is 5.75 Å². The summed E-state index contributed by atoms with van der Waals surface area (Å²) in [5, 5.41) is 0.721. The Hall–Kier alpha value is -2.84. The van der Waals surface area contributed by atoms with Crippen LogP contribution in [0, 0.1) is 11.8 Å². The number of likely N-dealkylation sites (tertiary alicyclic amines) is 1. The van der Waals surface area contributed by atoms with Gasteiger partial charge in [-0.1, -0.05) is 35.7 Å². The lowest BCUT2D eigenvalue weighted by atomic mass is 10.1. The molecule has 1 aliphatic heterocycles. The molecule has 5 heteroatoms. The van der Waals surface area contributed by atoms with Crippen molar-refractivity contribution in [2.75, 3.05) is 26.2 Å². The molecule has 31 heavy (non-hydrogen) atoms. The monoisotopic (exact) mass is 431 g/mol. The minimum Gasteiger partial charge on any atom is -0.492 e. The zero-order valence-corrected chi connectivity index (χ0v) is 18.2. The van der Waals surface area contributed by atoms with Crippen molar-refractivity contribution < 1.29 is 4.74 Å². The highest BCUT2D eigenvalue weighted by molar-refractivity contribution is 6.30. The first-order valence-corrected chi connectivity index (χ1v) is 11.0. The zero-order chi connectivity index (χ0) is 21.5. The molecule has 0 saturated carbocycles. The third-order valence-corrected chi connectivity index (χ3v) is 5.67. The molecule has 0 amide bonds. The highest BCUT2D eigenvalue weighted by Crippen LogP contribution is 2.22. The molecule has 2 aromatic carbocycles. The second kappa shape index (κ2) is 10.5. The van der Waals surface area contributed by atoms with Crippen LogP contribution in [0.1, 0.15) is 29.7 Å². The first-order valence-electron chi connectivity index (χ1n) is 10.6. The predicted octanol–water partition coefficient (Wildman–Crippen LogP) is 4.74. The van der Waals surface area contributed by atoms with Crippen molar-refractivity contribution in [3.05, 3.63) is 82.6 Å². The quantitative estimate of drug-likeness (QED) is 0.573. The van der Waals surface area contributed by atoms with Gasteiger partial charge in [-0.2, -0.15) is 0 Å². The predicted molar refractivity (Wildman–Crippen MR) is 126 cm³/mol. The van der Waals surface area contributed by atoms with Gasteiger partial charge in [0.2, 0.25) is 0 Å². The second-order valence-electron chi connectivity index (χ2n) is 7.61. The van der Waals surface area contributed by atoms with Gasteiger partial charge in [0.1, 0.15) is 18.1 Å². The average Bonchev–Trinajstić information content (AvgIpc) is 3.33. The van der Waals surface area contributed by atoms with Crippen LogP contribution >= 0.6 is 11.6 Å². The fourth-order valence-electron chi connectivity index (χ4n) is 3.67. The lowest BCUT2D eigenvalue weighted by Gasteiger charge is -2.16. The molecule has 4 rings (SSSR count). The van der Waals surface area contributed by atoms with Gasteiger partial charge in [-0.15, -0.1) is 0 Å². The summed E-state index contributed by atoms with van der Waals surface area (Å²) < 4.78 is 5.98. The summed E-state index contributed by atoms with van der Waals surface area (Å²) in [5.74, 6) is 7.16. The Kier molecular flexibility index (Phi) is 7.22. The van der Waals surface area contributed by atoms with E-state index in [4.69, 9.17) is 22.1 Å². The lowest BCUT2D eigenvalue weighted by Crippen LogP contribution is -2.25. The normalized spacial score (nSPS) is 13.6. The summed E-state index contributed by atoms with van der Waals surface area (Å²) >= 11 is 5.96. The molecule has 0 spiro atoms. The maximum atomic E-state index is 5.98. The minimum atomic E-state index is 0.419. The summed E-state index contributed by atoms with van der Waals surface area (Å²) in [7, 11) is 0. The lowest BCUT2D eigenvalue weighted by molar-refractivity contribution is 0.236. The molecule has 2 N–H and O–H groups in total. The third kappa shape index (κ3) is 5.86. The Morgan fingerprint density at radius 1 is 0.968 bits per heavy atom. The Labute approximate surface area is 189 Å². The van der Waals surface area contributed by atoms with Crippen molar-refractivity contribution in [2.45, 2.75) is 19.4 Å². The van der Waals surface area contributed by atoms with Gasteiger partial charge in [-0.3, -0.25) is 4.90 Å². The van der Waals surface area contributed by atoms with Crippen molar-refractivity contribution in [3.8, 4) is 28.7 Å². The van der Waals surface area contributed by atoms with Crippen LogP contribution in [0.25, 0.3) is 11.1 Å². The molecule has 2 heterocycles. The summed E-state index contributed by atoms with van der Waals surface area (Å²) in [6.45, 7) is 4.42. The van der Waals surface area contributed by atoms with E-state index in [2.05, 4.69) is 21.7 Å². The van der Waals surface area contributed by atoms with Crippen LogP contribution in [0.3, 0.4) is 0 Å². The molecule has 1 aromatic heterocycles. The van der Waals surface area contributed by atoms with Gasteiger partial charge < -0.3 is 10.5 Å². The fourth-order valence-corrected chi connectivity index (χ4v) is 3.79. The molecule has 0 aliphatic carbocycles.